The molecule has 4 aliphatic rings. The van der Waals surface area contributed by atoms with Crippen molar-refractivity contribution in [2.75, 3.05) is 0 Å². The third kappa shape index (κ3) is 2.45. The van der Waals surface area contributed by atoms with E-state index in [1.165, 1.54) is 31.4 Å². The van der Waals surface area contributed by atoms with Crippen LogP contribution in [0.5, 0.6) is 0 Å². The summed E-state index contributed by atoms with van der Waals surface area (Å²) in [6.07, 6.45) is 6.26. The normalized spacial score (nSPS) is 33.4. The quantitative estimate of drug-likeness (QED) is 0.779. The van der Waals surface area contributed by atoms with Gasteiger partial charge in [0.25, 0.3) is 0 Å². The molecule has 4 aliphatic carbocycles. The lowest BCUT2D eigenvalue weighted by atomic mass is 9.40. The van der Waals surface area contributed by atoms with Gasteiger partial charge >= 0.3 is 11.9 Å². The maximum absolute atomic E-state index is 11.4. The van der Waals surface area contributed by atoms with Crippen LogP contribution >= 0.6 is 0 Å². The monoisotopic (exact) mass is 352 g/mol. The number of hydrogen-bond donors (Lipinski definition) is 2. The van der Waals surface area contributed by atoms with Crippen molar-refractivity contribution in [3.05, 3.63) is 34.9 Å². The summed E-state index contributed by atoms with van der Waals surface area (Å²) in [4.78, 5) is 22.6. The van der Waals surface area contributed by atoms with Crippen LogP contribution in [0.25, 0.3) is 0 Å². The third-order valence-corrected chi connectivity index (χ3v) is 7.36. The Bertz CT molecular complexity index is 841. The zero-order valence-electron chi connectivity index (χ0n) is 15.2. The van der Waals surface area contributed by atoms with Gasteiger partial charge in [0.2, 0.25) is 0 Å². The van der Waals surface area contributed by atoms with E-state index < -0.39 is 11.9 Å². The SMILES string of the molecule is CC1(C)C2CC3CC(C2)CC1(C#Cc1ccc(C(=O)O)c(C(=O)O)c1)C3. The van der Waals surface area contributed by atoms with Gasteiger partial charge in [0, 0.05) is 11.0 Å². The maximum Gasteiger partial charge on any atom is 0.336 e. The van der Waals surface area contributed by atoms with E-state index in [0.717, 1.165) is 30.6 Å². The van der Waals surface area contributed by atoms with Crippen LogP contribution in [0, 0.1) is 40.4 Å². The highest BCUT2D eigenvalue weighted by molar-refractivity contribution is 6.01. The van der Waals surface area contributed by atoms with Crippen molar-refractivity contribution in [2.45, 2.75) is 46.0 Å². The van der Waals surface area contributed by atoms with Crippen molar-refractivity contribution in [3.8, 4) is 11.8 Å². The molecule has 1 aromatic rings. The fraction of sp³-hybridized carbons (Fsp3) is 0.545. The summed E-state index contributed by atoms with van der Waals surface area (Å²) in [7, 11) is 0. The van der Waals surface area contributed by atoms with Crippen LogP contribution in [0.2, 0.25) is 0 Å². The summed E-state index contributed by atoms with van der Waals surface area (Å²) in [5.41, 5.74) is 0.354. The molecule has 4 nitrogen and oxygen atoms in total. The molecule has 4 heteroatoms. The first-order chi connectivity index (χ1) is 12.2. The fourth-order valence-corrected chi connectivity index (χ4v) is 5.91. The van der Waals surface area contributed by atoms with Gasteiger partial charge in [0.1, 0.15) is 0 Å². The minimum absolute atomic E-state index is 0.00337. The number of benzene rings is 1. The van der Waals surface area contributed by atoms with Crippen LogP contribution in [-0.2, 0) is 0 Å². The summed E-state index contributed by atoms with van der Waals surface area (Å²) in [6.45, 7) is 4.70. The topological polar surface area (TPSA) is 74.6 Å². The Kier molecular flexibility index (Phi) is 3.70. The largest absolute Gasteiger partial charge is 0.478 e. The Labute approximate surface area is 153 Å². The highest BCUT2D eigenvalue weighted by atomic mass is 16.4. The molecular formula is C22H24O4. The lowest BCUT2D eigenvalue weighted by molar-refractivity contribution is -0.127. The first kappa shape index (κ1) is 17.1. The van der Waals surface area contributed by atoms with Gasteiger partial charge in [-0.15, -0.1) is 0 Å². The van der Waals surface area contributed by atoms with Crippen LogP contribution < -0.4 is 0 Å². The van der Waals surface area contributed by atoms with Crippen LogP contribution in [-0.4, -0.2) is 22.2 Å². The van der Waals surface area contributed by atoms with E-state index in [2.05, 4.69) is 25.7 Å². The van der Waals surface area contributed by atoms with Crippen molar-refractivity contribution < 1.29 is 19.8 Å². The molecule has 0 aromatic heterocycles. The Morgan fingerprint density at radius 2 is 1.62 bits per heavy atom. The molecular weight excluding hydrogens is 328 g/mol. The first-order valence-corrected chi connectivity index (χ1v) is 9.36. The van der Waals surface area contributed by atoms with Gasteiger partial charge in [-0.25, -0.2) is 9.59 Å². The minimum Gasteiger partial charge on any atom is -0.478 e. The van der Waals surface area contributed by atoms with Gasteiger partial charge in [-0.05, 0) is 73.5 Å². The molecule has 136 valence electrons. The van der Waals surface area contributed by atoms with E-state index in [-0.39, 0.29) is 22.0 Å². The van der Waals surface area contributed by atoms with Crippen LogP contribution in [0.1, 0.15) is 72.2 Å². The summed E-state index contributed by atoms with van der Waals surface area (Å²) < 4.78 is 0. The Morgan fingerprint density at radius 1 is 1.00 bits per heavy atom. The molecule has 0 amide bonds. The molecule has 0 saturated heterocycles. The second-order valence-corrected chi connectivity index (χ2v) is 8.97. The molecule has 5 rings (SSSR count). The molecule has 4 bridgehead atoms. The van der Waals surface area contributed by atoms with Crippen LogP contribution in [0.15, 0.2) is 18.2 Å². The van der Waals surface area contributed by atoms with Crippen molar-refractivity contribution in [3.63, 3.8) is 0 Å². The van der Waals surface area contributed by atoms with E-state index in [4.69, 9.17) is 5.11 Å². The highest BCUT2D eigenvalue weighted by Gasteiger charge is 2.60. The number of carboxylic acids is 2. The van der Waals surface area contributed by atoms with Gasteiger partial charge < -0.3 is 10.2 Å². The number of carbonyl (C=O) groups is 2. The standard InChI is InChI=1S/C22H24O4/c1-21(2)16-8-14-7-15(9-16)12-22(21,11-14)6-5-13-3-4-17(19(23)24)18(10-13)20(25)26/h3-4,10,14-16H,7-9,11-12H2,1-2H3,(H,23,24)(H,25,26). The Morgan fingerprint density at radius 3 is 2.19 bits per heavy atom. The second-order valence-electron chi connectivity index (χ2n) is 8.97. The van der Waals surface area contributed by atoms with Gasteiger partial charge in [0.15, 0.2) is 0 Å². The zero-order valence-corrected chi connectivity index (χ0v) is 15.2. The van der Waals surface area contributed by atoms with E-state index in [0.29, 0.717) is 5.56 Å². The van der Waals surface area contributed by atoms with E-state index in [9.17, 15) is 14.7 Å². The van der Waals surface area contributed by atoms with Gasteiger partial charge in [-0.1, -0.05) is 25.7 Å². The number of carboxylic acid groups (broad SMARTS) is 2. The summed E-state index contributed by atoms with van der Waals surface area (Å²) >= 11 is 0. The second kappa shape index (κ2) is 5.61. The lowest BCUT2D eigenvalue weighted by Crippen LogP contribution is -2.56. The summed E-state index contributed by atoms with van der Waals surface area (Å²) in [6, 6.07) is 4.36. The molecule has 0 spiro atoms. The maximum atomic E-state index is 11.4. The molecule has 2 N–H and O–H groups in total. The van der Waals surface area contributed by atoms with Gasteiger partial charge in [-0.2, -0.15) is 0 Å². The van der Waals surface area contributed by atoms with Gasteiger partial charge in [0.05, 0.1) is 11.1 Å². The molecule has 4 saturated carbocycles. The third-order valence-electron chi connectivity index (χ3n) is 7.36. The zero-order chi connectivity index (χ0) is 18.7. The van der Waals surface area contributed by atoms with Crippen LogP contribution in [0.3, 0.4) is 0 Å². The Balaban J connectivity index is 1.72. The van der Waals surface area contributed by atoms with Crippen molar-refractivity contribution >= 4 is 11.9 Å². The van der Waals surface area contributed by atoms with Gasteiger partial charge in [-0.3, -0.25) is 0 Å². The predicted molar refractivity (Wildman–Crippen MR) is 97.0 cm³/mol. The van der Waals surface area contributed by atoms with E-state index >= 15 is 0 Å². The Hall–Kier alpha value is -2.28. The number of aromatic carboxylic acids is 2. The molecule has 2 unspecified atom stereocenters. The van der Waals surface area contributed by atoms with E-state index in [1.807, 2.05) is 0 Å². The predicted octanol–water partition coefficient (Wildman–Crippen LogP) is 4.29. The van der Waals surface area contributed by atoms with Crippen molar-refractivity contribution in [2.24, 2.45) is 28.6 Å². The molecule has 4 fully saturated rings. The molecule has 2 atom stereocenters. The van der Waals surface area contributed by atoms with E-state index in [1.54, 1.807) is 6.07 Å². The van der Waals surface area contributed by atoms with Crippen molar-refractivity contribution in [1.82, 2.24) is 0 Å². The molecule has 26 heavy (non-hydrogen) atoms. The first-order valence-electron chi connectivity index (χ1n) is 9.36. The molecule has 0 radical (unpaired) electrons. The smallest absolute Gasteiger partial charge is 0.336 e. The van der Waals surface area contributed by atoms with Crippen LogP contribution in [0.4, 0.5) is 0 Å². The van der Waals surface area contributed by atoms with Crippen molar-refractivity contribution in [1.29, 1.82) is 0 Å². The molecule has 0 heterocycles. The number of rotatable bonds is 2. The molecule has 0 aliphatic heterocycles. The fourth-order valence-electron chi connectivity index (χ4n) is 5.91. The minimum atomic E-state index is -1.24. The summed E-state index contributed by atoms with van der Waals surface area (Å²) in [5.74, 6) is 6.59. The summed E-state index contributed by atoms with van der Waals surface area (Å²) in [5, 5.41) is 18.5. The highest BCUT2D eigenvalue weighted by Crippen LogP contribution is 2.68. The number of hydrogen-bond acceptors (Lipinski definition) is 2. The average Bonchev–Trinajstić information content (AvgIpc) is 2.57. The molecule has 1 aromatic carbocycles. The average molecular weight is 352 g/mol. The lowest BCUT2D eigenvalue weighted by Gasteiger charge is -2.64.